The monoisotopic (exact) mass is 262 g/mol. The smallest absolute Gasteiger partial charge is 0.222 e. The van der Waals surface area contributed by atoms with Crippen LogP contribution in [0.15, 0.2) is 30.3 Å². The summed E-state index contributed by atoms with van der Waals surface area (Å²) in [6.45, 7) is 3.12. The second-order valence-electron chi connectivity index (χ2n) is 5.27. The van der Waals surface area contributed by atoms with Crippen LogP contribution in [-0.4, -0.2) is 37.5 Å². The number of amides is 1. The second kappa shape index (κ2) is 8.70. The topological polar surface area (TPSA) is 32.3 Å². The molecule has 0 radical (unpaired) electrons. The van der Waals surface area contributed by atoms with Crippen LogP contribution in [0, 0.1) is 0 Å². The van der Waals surface area contributed by atoms with Gasteiger partial charge in [0.1, 0.15) is 0 Å². The molecule has 3 nitrogen and oxygen atoms in total. The van der Waals surface area contributed by atoms with Gasteiger partial charge in [-0.25, -0.2) is 0 Å². The van der Waals surface area contributed by atoms with Crippen LogP contribution >= 0.6 is 0 Å². The lowest BCUT2D eigenvalue weighted by Gasteiger charge is -2.14. The molecule has 1 atom stereocenters. The van der Waals surface area contributed by atoms with Crippen molar-refractivity contribution in [2.75, 3.05) is 20.6 Å². The summed E-state index contributed by atoms with van der Waals surface area (Å²) < 4.78 is 0. The van der Waals surface area contributed by atoms with Crippen molar-refractivity contribution in [2.45, 2.75) is 38.6 Å². The van der Waals surface area contributed by atoms with Crippen LogP contribution in [0.1, 0.15) is 31.7 Å². The van der Waals surface area contributed by atoms with Gasteiger partial charge < -0.3 is 10.2 Å². The lowest BCUT2D eigenvalue weighted by Crippen LogP contribution is -2.29. The van der Waals surface area contributed by atoms with Crippen LogP contribution in [-0.2, 0) is 11.2 Å². The molecule has 3 heteroatoms. The van der Waals surface area contributed by atoms with Crippen molar-refractivity contribution in [1.82, 2.24) is 10.2 Å². The van der Waals surface area contributed by atoms with E-state index in [2.05, 4.69) is 36.5 Å². The van der Waals surface area contributed by atoms with Crippen molar-refractivity contribution in [2.24, 2.45) is 0 Å². The molecule has 0 aliphatic heterocycles. The SMILES string of the molecule is CC(CCc1ccccc1)NCCCC(=O)N(C)C. The van der Waals surface area contributed by atoms with Gasteiger partial charge in [-0.05, 0) is 38.3 Å². The molecule has 1 amide bonds. The average Bonchev–Trinajstić information content (AvgIpc) is 2.42. The summed E-state index contributed by atoms with van der Waals surface area (Å²) in [6, 6.07) is 11.0. The number of benzene rings is 1. The highest BCUT2D eigenvalue weighted by molar-refractivity contribution is 5.75. The molecule has 106 valence electrons. The lowest BCUT2D eigenvalue weighted by molar-refractivity contribution is -0.128. The molecule has 0 aromatic heterocycles. The van der Waals surface area contributed by atoms with E-state index in [0.29, 0.717) is 12.5 Å². The van der Waals surface area contributed by atoms with E-state index in [9.17, 15) is 4.79 Å². The number of carbonyl (C=O) groups is 1. The van der Waals surface area contributed by atoms with E-state index in [-0.39, 0.29) is 5.91 Å². The largest absolute Gasteiger partial charge is 0.349 e. The summed E-state index contributed by atoms with van der Waals surface area (Å²) >= 11 is 0. The molecule has 0 aliphatic rings. The molecular weight excluding hydrogens is 236 g/mol. The predicted octanol–water partition coefficient (Wildman–Crippen LogP) is 2.47. The normalized spacial score (nSPS) is 12.2. The van der Waals surface area contributed by atoms with Gasteiger partial charge in [0.25, 0.3) is 0 Å². The van der Waals surface area contributed by atoms with Crippen LogP contribution in [0.5, 0.6) is 0 Å². The first-order valence-corrected chi connectivity index (χ1v) is 7.07. The molecule has 0 spiro atoms. The number of hydrogen-bond acceptors (Lipinski definition) is 2. The van der Waals surface area contributed by atoms with Crippen LogP contribution in [0.4, 0.5) is 0 Å². The number of carbonyl (C=O) groups excluding carboxylic acids is 1. The van der Waals surface area contributed by atoms with E-state index in [0.717, 1.165) is 25.8 Å². The number of aryl methyl sites for hydroxylation is 1. The van der Waals surface area contributed by atoms with Gasteiger partial charge in [0.2, 0.25) is 5.91 Å². The molecule has 1 aromatic rings. The Hall–Kier alpha value is -1.35. The number of hydrogen-bond donors (Lipinski definition) is 1. The van der Waals surface area contributed by atoms with E-state index >= 15 is 0 Å². The molecule has 1 rings (SSSR count). The van der Waals surface area contributed by atoms with Gasteiger partial charge in [-0.3, -0.25) is 4.79 Å². The number of nitrogens with one attached hydrogen (secondary N) is 1. The molecule has 0 heterocycles. The predicted molar refractivity (Wildman–Crippen MR) is 80.2 cm³/mol. The molecule has 0 fully saturated rings. The van der Waals surface area contributed by atoms with Crippen molar-refractivity contribution < 1.29 is 4.79 Å². The maximum atomic E-state index is 11.4. The van der Waals surface area contributed by atoms with Crippen LogP contribution in [0.25, 0.3) is 0 Å². The molecule has 1 N–H and O–H groups in total. The van der Waals surface area contributed by atoms with Crippen molar-refractivity contribution in [3.8, 4) is 0 Å². The molecule has 19 heavy (non-hydrogen) atoms. The summed E-state index contributed by atoms with van der Waals surface area (Å²) in [5, 5.41) is 3.48. The Morgan fingerprint density at radius 1 is 1.26 bits per heavy atom. The molecular formula is C16H26N2O. The van der Waals surface area contributed by atoms with Gasteiger partial charge >= 0.3 is 0 Å². The summed E-state index contributed by atoms with van der Waals surface area (Å²) in [5.41, 5.74) is 1.39. The average molecular weight is 262 g/mol. The zero-order valence-electron chi connectivity index (χ0n) is 12.4. The van der Waals surface area contributed by atoms with Crippen molar-refractivity contribution in [3.63, 3.8) is 0 Å². The minimum absolute atomic E-state index is 0.207. The van der Waals surface area contributed by atoms with Crippen molar-refractivity contribution in [1.29, 1.82) is 0 Å². The highest BCUT2D eigenvalue weighted by Crippen LogP contribution is 2.04. The third-order valence-electron chi connectivity index (χ3n) is 3.27. The minimum Gasteiger partial charge on any atom is -0.349 e. The fourth-order valence-corrected chi connectivity index (χ4v) is 1.94. The van der Waals surface area contributed by atoms with Crippen molar-refractivity contribution >= 4 is 5.91 Å². The second-order valence-corrected chi connectivity index (χ2v) is 5.27. The number of nitrogens with zero attached hydrogens (tertiary/aromatic N) is 1. The molecule has 1 aromatic carbocycles. The quantitative estimate of drug-likeness (QED) is 0.730. The van der Waals surface area contributed by atoms with Crippen LogP contribution < -0.4 is 5.32 Å². The van der Waals surface area contributed by atoms with Gasteiger partial charge in [0, 0.05) is 26.6 Å². The third-order valence-corrected chi connectivity index (χ3v) is 3.27. The Bertz CT molecular complexity index is 362. The zero-order valence-corrected chi connectivity index (χ0v) is 12.4. The van der Waals surface area contributed by atoms with E-state index in [1.807, 2.05) is 6.07 Å². The molecule has 1 unspecified atom stereocenters. The maximum Gasteiger partial charge on any atom is 0.222 e. The van der Waals surface area contributed by atoms with E-state index in [1.165, 1.54) is 5.56 Å². The third kappa shape index (κ3) is 6.97. The first-order chi connectivity index (χ1) is 9.09. The van der Waals surface area contributed by atoms with Gasteiger partial charge in [0.05, 0.1) is 0 Å². The van der Waals surface area contributed by atoms with Crippen LogP contribution in [0.3, 0.4) is 0 Å². The zero-order chi connectivity index (χ0) is 14.1. The fourth-order valence-electron chi connectivity index (χ4n) is 1.94. The van der Waals surface area contributed by atoms with Gasteiger partial charge in [0.15, 0.2) is 0 Å². The van der Waals surface area contributed by atoms with Gasteiger partial charge in [-0.15, -0.1) is 0 Å². The summed E-state index contributed by atoms with van der Waals surface area (Å²) in [4.78, 5) is 13.0. The molecule has 0 saturated carbocycles. The fraction of sp³-hybridized carbons (Fsp3) is 0.562. The Morgan fingerprint density at radius 3 is 2.58 bits per heavy atom. The summed E-state index contributed by atoms with van der Waals surface area (Å²) in [7, 11) is 3.61. The standard InChI is InChI=1S/C16H26N2O/c1-14(11-12-15-8-5-4-6-9-15)17-13-7-10-16(19)18(2)3/h4-6,8-9,14,17H,7,10-13H2,1-3H3. The Morgan fingerprint density at radius 2 is 1.95 bits per heavy atom. The molecule has 0 bridgehead atoms. The van der Waals surface area contributed by atoms with Crippen molar-refractivity contribution in [3.05, 3.63) is 35.9 Å². The Kier molecular flexibility index (Phi) is 7.19. The van der Waals surface area contributed by atoms with Crippen LogP contribution in [0.2, 0.25) is 0 Å². The highest BCUT2D eigenvalue weighted by atomic mass is 16.2. The first kappa shape index (κ1) is 15.7. The van der Waals surface area contributed by atoms with E-state index in [4.69, 9.17) is 0 Å². The molecule has 0 saturated heterocycles. The minimum atomic E-state index is 0.207. The Labute approximate surface area is 117 Å². The summed E-state index contributed by atoms with van der Waals surface area (Å²) in [5.74, 6) is 0.207. The van der Waals surface area contributed by atoms with Gasteiger partial charge in [-0.1, -0.05) is 30.3 Å². The van der Waals surface area contributed by atoms with Gasteiger partial charge in [-0.2, -0.15) is 0 Å². The Balaban J connectivity index is 2.08. The highest BCUT2D eigenvalue weighted by Gasteiger charge is 2.05. The summed E-state index contributed by atoms with van der Waals surface area (Å²) in [6.07, 6.45) is 3.77. The maximum absolute atomic E-state index is 11.4. The molecule has 0 aliphatic carbocycles. The first-order valence-electron chi connectivity index (χ1n) is 7.07. The number of rotatable bonds is 8. The lowest BCUT2D eigenvalue weighted by atomic mass is 10.1. The van der Waals surface area contributed by atoms with E-state index in [1.54, 1.807) is 19.0 Å². The van der Waals surface area contributed by atoms with E-state index < -0.39 is 0 Å².